The summed E-state index contributed by atoms with van der Waals surface area (Å²) >= 11 is 0. The van der Waals surface area contributed by atoms with Crippen LogP contribution in [0.15, 0.2) is 18.2 Å². The summed E-state index contributed by atoms with van der Waals surface area (Å²) in [7, 11) is 0. The Bertz CT molecular complexity index is 249. The number of pyridine rings is 1. The first-order valence-corrected chi connectivity index (χ1v) is 4.54. The molecule has 0 fully saturated rings. The minimum Gasteiger partial charge on any atom is -0.370 e. The molecule has 4 N–H and O–H groups in total. The van der Waals surface area contributed by atoms with Gasteiger partial charge in [0.2, 0.25) is 0 Å². The molecule has 0 unspecified atom stereocenters. The van der Waals surface area contributed by atoms with Crippen molar-refractivity contribution in [3.63, 3.8) is 0 Å². The number of nitrogens with one attached hydrogen (secondary N) is 2. The lowest BCUT2D eigenvalue weighted by Crippen LogP contribution is -2.10. The third kappa shape index (κ3) is 3.29. The molecule has 0 aromatic carbocycles. The SMILES string of the molecule is CCCCNc1cccc(NN)n1. The molecule has 0 radical (unpaired) electrons. The largest absolute Gasteiger partial charge is 0.370 e. The molecular weight excluding hydrogens is 164 g/mol. The van der Waals surface area contributed by atoms with Crippen LogP contribution in [0.3, 0.4) is 0 Å². The molecule has 0 saturated heterocycles. The van der Waals surface area contributed by atoms with Crippen LogP contribution in [0.2, 0.25) is 0 Å². The van der Waals surface area contributed by atoms with E-state index in [0.29, 0.717) is 5.82 Å². The van der Waals surface area contributed by atoms with Gasteiger partial charge in [-0.25, -0.2) is 10.8 Å². The van der Waals surface area contributed by atoms with Crippen molar-refractivity contribution in [2.75, 3.05) is 17.3 Å². The second-order valence-corrected chi connectivity index (χ2v) is 2.83. The molecule has 4 heteroatoms. The van der Waals surface area contributed by atoms with Crippen LogP contribution in [-0.4, -0.2) is 11.5 Å². The van der Waals surface area contributed by atoms with Crippen molar-refractivity contribution < 1.29 is 0 Å². The molecule has 13 heavy (non-hydrogen) atoms. The van der Waals surface area contributed by atoms with E-state index < -0.39 is 0 Å². The van der Waals surface area contributed by atoms with Crippen LogP contribution >= 0.6 is 0 Å². The van der Waals surface area contributed by atoms with Gasteiger partial charge in [0.25, 0.3) is 0 Å². The predicted molar refractivity (Wildman–Crippen MR) is 55.4 cm³/mol. The number of hydrazine groups is 1. The summed E-state index contributed by atoms with van der Waals surface area (Å²) in [4.78, 5) is 4.22. The van der Waals surface area contributed by atoms with Crippen molar-refractivity contribution in [1.82, 2.24) is 4.98 Å². The maximum Gasteiger partial charge on any atom is 0.142 e. The van der Waals surface area contributed by atoms with Gasteiger partial charge in [0.15, 0.2) is 0 Å². The lowest BCUT2D eigenvalue weighted by molar-refractivity contribution is 0.831. The van der Waals surface area contributed by atoms with Crippen molar-refractivity contribution in [2.45, 2.75) is 19.8 Å². The van der Waals surface area contributed by atoms with Crippen LogP contribution < -0.4 is 16.6 Å². The maximum atomic E-state index is 5.23. The van der Waals surface area contributed by atoms with Crippen molar-refractivity contribution in [3.8, 4) is 0 Å². The summed E-state index contributed by atoms with van der Waals surface area (Å²) in [6, 6.07) is 5.66. The third-order valence-corrected chi connectivity index (χ3v) is 1.73. The molecule has 0 aliphatic rings. The van der Waals surface area contributed by atoms with E-state index in [1.54, 1.807) is 0 Å². The van der Waals surface area contributed by atoms with E-state index in [1.807, 2.05) is 18.2 Å². The van der Waals surface area contributed by atoms with Crippen LogP contribution in [0, 0.1) is 0 Å². The molecule has 0 saturated carbocycles. The Kier molecular flexibility index (Phi) is 4.05. The molecule has 1 rings (SSSR count). The highest BCUT2D eigenvalue weighted by atomic mass is 15.3. The lowest BCUT2D eigenvalue weighted by atomic mass is 10.3. The molecule has 0 amide bonds. The van der Waals surface area contributed by atoms with Crippen LogP contribution in [0.1, 0.15) is 19.8 Å². The molecule has 0 bridgehead atoms. The van der Waals surface area contributed by atoms with Crippen molar-refractivity contribution >= 4 is 11.6 Å². The fourth-order valence-electron chi connectivity index (χ4n) is 1.01. The predicted octanol–water partition coefficient (Wildman–Crippen LogP) is 1.58. The highest BCUT2D eigenvalue weighted by Gasteiger charge is 1.93. The van der Waals surface area contributed by atoms with E-state index in [1.165, 1.54) is 6.42 Å². The summed E-state index contributed by atoms with van der Waals surface area (Å²) in [5.74, 6) is 6.78. The Labute approximate surface area is 78.5 Å². The Hall–Kier alpha value is -1.29. The molecular formula is C9H16N4. The first kappa shape index (κ1) is 9.80. The summed E-state index contributed by atoms with van der Waals surface area (Å²) in [6.45, 7) is 3.12. The minimum atomic E-state index is 0.682. The molecule has 4 nitrogen and oxygen atoms in total. The van der Waals surface area contributed by atoms with Gasteiger partial charge in [-0.2, -0.15) is 0 Å². The minimum absolute atomic E-state index is 0.682. The first-order valence-electron chi connectivity index (χ1n) is 4.54. The topological polar surface area (TPSA) is 63.0 Å². The van der Waals surface area contributed by atoms with Gasteiger partial charge in [-0.05, 0) is 18.6 Å². The van der Waals surface area contributed by atoms with E-state index >= 15 is 0 Å². The van der Waals surface area contributed by atoms with Gasteiger partial charge >= 0.3 is 0 Å². The third-order valence-electron chi connectivity index (χ3n) is 1.73. The van der Waals surface area contributed by atoms with Crippen LogP contribution in [-0.2, 0) is 0 Å². The monoisotopic (exact) mass is 180 g/mol. The molecule has 0 aliphatic carbocycles. The van der Waals surface area contributed by atoms with E-state index in [2.05, 4.69) is 22.7 Å². The van der Waals surface area contributed by atoms with E-state index in [-0.39, 0.29) is 0 Å². The zero-order valence-corrected chi connectivity index (χ0v) is 7.88. The van der Waals surface area contributed by atoms with Gasteiger partial charge in [-0.3, -0.25) is 0 Å². The molecule has 0 atom stereocenters. The number of aromatic nitrogens is 1. The molecule has 1 aromatic heterocycles. The van der Waals surface area contributed by atoms with E-state index in [0.717, 1.165) is 18.8 Å². The normalized spacial score (nSPS) is 9.69. The molecule has 0 aliphatic heterocycles. The number of hydrogen-bond acceptors (Lipinski definition) is 4. The van der Waals surface area contributed by atoms with Crippen molar-refractivity contribution in [1.29, 1.82) is 0 Å². The summed E-state index contributed by atoms with van der Waals surface area (Å²) in [6.07, 6.45) is 2.34. The zero-order chi connectivity index (χ0) is 9.52. The summed E-state index contributed by atoms with van der Waals surface area (Å²) < 4.78 is 0. The number of unbranched alkanes of at least 4 members (excludes halogenated alkanes) is 1. The van der Waals surface area contributed by atoms with Crippen LogP contribution in [0.4, 0.5) is 11.6 Å². The van der Waals surface area contributed by atoms with E-state index in [4.69, 9.17) is 5.84 Å². The van der Waals surface area contributed by atoms with Gasteiger partial charge in [-0.1, -0.05) is 19.4 Å². The quantitative estimate of drug-likeness (QED) is 0.366. The highest BCUT2D eigenvalue weighted by Crippen LogP contribution is 2.07. The van der Waals surface area contributed by atoms with Crippen LogP contribution in [0.25, 0.3) is 0 Å². The average molecular weight is 180 g/mol. The Morgan fingerprint density at radius 3 is 2.85 bits per heavy atom. The van der Waals surface area contributed by atoms with Gasteiger partial charge in [0.1, 0.15) is 11.6 Å². The Morgan fingerprint density at radius 2 is 2.15 bits per heavy atom. The molecule has 72 valence electrons. The number of nitrogens with zero attached hydrogens (tertiary/aromatic N) is 1. The van der Waals surface area contributed by atoms with Gasteiger partial charge < -0.3 is 10.7 Å². The fraction of sp³-hybridized carbons (Fsp3) is 0.444. The number of nitrogens with two attached hydrogens (primary N) is 1. The van der Waals surface area contributed by atoms with Crippen molar-refractivity contribution in [3.05, 3.63) is 18.2 Å². The van der Waals surface area contributed by atoms with Crippen LogP contribution in [0.5, 0.6) is 0 Å². The standard InChI is InChI=1S/C9H16N4/c1-2-3-7-11-8-5-4-6-9(12-8)13-10/h4-6H,2-3,7,10H2,1H3,(H2,11,12,13). The second-order valence-electron chi connectivity index (χ2n) is 2.83. The number of anilines is 2. The molecule has 1 aromatic rings. The Morgan fingerprint density at radius 1 is 1.38 bits per heavy atom. The second kappa shape index (κ2) is 5.37. The lowest BCUT2D eigenvalue weighted by Gasteiger charge is -2.05. The van der Waals surface area contributed by atoms with E-state index in [9.17, 15) is 0 Å². The summed E-state index contributed by atoms with van der Waals surface area (Å²) in [5.41, 5.74) is 2.51. The zero-order valence-electron chi connectivity index (χ0n) is 7.88. The molecule has 0 spiro atoms. The Balaban J connectivity index is 2.46. The fourth-order valence-corrected chi connectivity index (χ4v) is 1.01. The van der Waals surface area contributed by atoms with Gasteiger partial charge in [0.05, 0.1) is 0 Å². The smallest absolute Gasteiger partial charge is 0.142 e. The summed E-state index contributed by atoms with van der Waals surface area (Å²) in [5, 5.41) is 3.21. The number of nitrogen functional groups attached to an aromatic ring is 1. The maximum absolute atomic E-state index is 5.23. The number of rotatable bonds is 5. The van der Waals surface area contributed by atoms with Crippen molar-refractivity contribution in [2.24, 2.45) is 5.84 Å². The first-order chi connectivity index (χ1) is 6.36. The van der Waals surface area contributed by atoms with Gasteiger partial charge in [0, 0.05) is 6.54 Å². The van der Waals surface area contributed by atoms with Gasteiger partial charge in [-0.15, -0.1) is 0 Å². The number of hydrogen-bond donors (Lipinski definition) is 3. The average Bonchev–Trinajstić information content (AvgIpc) is 2.19. The highest BCUT2D eigenvalue weighted by molar-refractivity contribution is 5.44. The molecule has 1 heterocycles.